The third-order valence-corrected chi connectivity index (χ3v) is 3.53. The number of carbonyl (C=O) groups is 2. The van der Waals surface area contributed by atoms with Crippen molar-refractivity contribution in [2.24, 2.45) is 0 Å². The van der Waals surface area contributed by atoms with E-state index in [2.05, 4.69) is 5.32 Å². The molecule has 0 bridgehead atoms. The van der Waals surface area contributed by atoms with Gasteiger partial charge in [-0.1, -0.05) is 0 Å². The van der Waals surface area contributed by atoms with Crippen molar-refractivity contribution in [2.45, 2.75) is 18.9 Å². The molecule has 2 heterocycles. The summed E-state index contributed by atoms with van der Waals surface area (Å²) in [6, 6.07) is 1.47. The number of hydrogen-bond donors (Lipinski definition) is 1. The number of aromatic nitrogens is 1. The van der Waals surface area contributed by atoms with Crippen LogP contribution in [-0.2, 0) is 4.79 Å². The summed E-state index contributed by atoms with van der Waals surface area (Å²) in [7, 11) is 0. The zero-order valence-electron chi connectivity index (χ0n) is 10.7. The Morgan fingerprint density at radius 2 is 2.20 bits per heavy atom. The molecule has 1 aliphatic carbocycles. The smallest absolute Gasteiger partial charge is 0.287 e. The lowest BCUT2D eigenvalue weighted by molar-refractivity contribution is -0.384. The predicted molar refractivity (Wildman–Crippen MR) is 68.3 cm³/mol. The number of nitrogens with one attached hydrogen (secondary N) is 1. The van der Waals surface area contributed by atoms with Crippen molar-refractivity contribution < 1.29 is 14.5 Å². The van der Waals surface area contributed by atoms with Crippen molar-refractivity contribution in [1.82, 2.24) is 14.8 Å². The van der Waals surface area contributed by atoms with Crippen molar-refractivity contribution in [3.8, 4) is 0 Å². The molecule has 2 fully saturated rings. The summed E-state index contributed by atoms with van der Waals surface area (Å²) in [5.41, 5.74) is 0.218. The molecule has 2 aliphatic rings. The first-order valence-electron chi connectivity index (χ1n) is 6.48. The Kier molecular flexibility index (Phi) is 2.92. The summed E-state index contributed by atoms with van der Waals surface area (Å²) in [5, 5.41) is 13.5. The van der Waals surface area contributed by atoms with Gasteiger partial charge in [0.2, 0.25) is 5.91 Å². The second kappa shape index (κ2) is 4.62. The van der Waals surface area contributed by atoms with Crippen LogP contribution in [0, 0.1) is 10.1 Å². The second-order valence-corrected chi connectivity index (χ2v) is 5.06. The van der Waals surface area contributed by atoms with Gasteiger partial charge >= 0.3 is 0 Å². The fourth-order valence-corrected chi connectivity index (χ4v) is 2.36. The van der Waals surface area contributed by atoms with Crippen LogP contribution in [0.1, 0.15) is 29.4 Å². The van der Waals surface area contributed by atoms with Gasteiger partial charge in [-0.05, 0) is 12.8 Å². The molecule has 0 spiro atoms. The van der Waals surface area contributed by atoms with Gasteiger partial charge in [-0.25, -0.2) is 0 Å². The van der Waals surface area contributed by atoms with Crippen molar-refractivity contribution >= 4 is 17.5 Å². The van der Waals surface area contributed by atoms with Gasteiger partial charge < -0.3 is 14.8 Å². The summed E-state index contributed by atoms with van der Waals surface area (Å²) in [5.74, 6) is -0.525. The van der Waals surface area contributed by atoms with E-state index < -0.39 is 4.92 Å². The Labute approximate surface area is 114 Å². The summed E-state index contributed by atoms with van der Waals surface area (Å²) < 4.78 is 1.67. The van der Waals surface area contributed by atoms with E-state index in [1.165, 1.54) is 17.2 Å². The minimum Gasteiger partial charge on any atom is -0.353 e. The van der Waals surface area contributed by atoms with Gasteiger partial charge in [0.15, 0.2) is 0 Å². The van der Waals surface area contributed by atoms with E-state index in [0.29, 0.717) is 18.8 Å². The number of nitro groups is 1. The Morgan fingerprint density at radius 1 is 1.45 bits per heavy atom. The molecule has 0 aromatic carbocycles. The standard InChI is InChI=1S/C12H14N4O4/c17-11-7-14(4-3-13-11)12(18)10-5-9(16(19)20)6-15(10)8-1-2-8/h5-6,8H,1-4,7H2,(H,13,17). The molecule has 1 aliphatic heterocycles. The number of rotatable bonds is 3. The summed E-state index contributed by atoms with van der Waals surface area (Å²) in [6.45, 7) is 0.841. The van der Waals surface area contributed by atoms with Gasteiger partial charge in [0, 0.05) is 25.2 Å². The van der Waals surface area contributed by atoms with E-state index in [9.17, 15) is 19.7 Å². The van der Waals surface area contributed by atoms with Crippen LogP contribution in [0.4, 0.5) is 5.69 Å². The lowest BCUT2D eigenvalue weighted by atomic mass is 10.3. The molecule has 0 unspecified atom stereocenters. The Bertz CT molecular complexity index is 590. The van der Waals surface area contributed by atoms with E-state index in [-0.39, 0.29) is 30.1 Å². The van der Waals surface area contributed by atoms with Gasteiger partial charge in [0.1, 0.15) is 5.69 Å². The first kappa shape index (κ1) is 12.6. The molecule has 1 saturated carbocycles. The van der Waals surface area contributed by atoms with Gasteiger partial charge in [-0.2, -0.15) is 0 Å². The second-order valence-electron chi connectivity index (χ2n) is 5.06. The van der Waals surface area contributed by atoms with E-state index in [1.54, 1.807) is 4.57 Å². The van der Waals surface area contributed by atoms with Crippen LogP contribution in [0.15, 0.2) is 12.3 Å². The SMILES string of the molecule is O=C1CN(C(=O)c2cc([N+](=O)[O-])cn2C2CC2)CCN1. The Balaban J connectivity index is 1.89. The van der Waals surface area contributed by atoms with Crippen LogP contribution in [0.3, 0.4) is 0 Å². The average Bonchev–Trinajstić information content (AvgIpc) is 3.16. The van der Waals surface area contributed by atoms with E-state index in [4.69, 9.17) is 0 Å². The molecule has 106 valence electrons. The molecule has 0 radical (unpaired) electrons. The van der Waals surface area contributed by atoms with E-state index >= 15 is 0 Å². The van der Waals surface area contributed by atoms with Crippen molar-refractivity contribution in [3.63, 3.8) is 0 Å². The molecule has 1 aromatic heterocycles. The quantitative estimate of drug-likeness (QED) is 0.635. The molecule has 1 aromatic rings. The first-order valence-corrected chi connectivity index (χ1v) is 6.48. The molecule has 0 atom stereocenters. The zero-order valence-corrected chi connectivity index (χ0v) is 10.7. The van der Waals surface area contributed by atoms with Crippen LogP contribution in [0.25, 0.3) is 0 Å². The fourth-order valence-electron chi connectivity index (χ4n) is 2.36. The summed E-state index contributed by atoms with van der Waals surface area (Å²) in [6.07, 6.45) is 3.26. The lowest BCUT2D eigenvalue weighted by Gasteiger charge is -2.26. The third kappa shape index (κ3) is 2.24. The van der Waals surface area contributed by atoms with Gasteiger partial charge in [-0.15, -0.1) is 0 Å². The van der Waals surface area contributed by atoms with E-state index in [1.807, 2.05) is 0 Å². The number of carbonyl (C=O) groups excluding carboxylic acids is 2. The normalized spacial score (nSPS) is 18.8. The number of amides is 2. The third-order valence-electron chi connectivity index (χ3n) is 3.53. The number of hydrogen-bond acceptors (Lipinski definition) is 4. The molecule has 1 N–H and O–H groups in total. The topological polar surface area (TPSA) is 97.5 Å². The Morgan fingerprint density at radius 3 is 2.80 bits per heavy atom. The van der Waals surface area contributed by atoms with Crippen LogP contribution >= 0.6 is 0 Å². The lowest BCUT2D eigenvalue weighted by Crippen LogP contribution is -2.50. The highest BCUT2D eigenvalue weighted by Gasteiger charge is 2.33. The van der Waals surface area contributed by atoms with Gasteiger partial charge in [-0.3, -0.25) is 19.7 Å². The molecule has 20 heavy (non-hydrogen) atoms. The van der Waals surface area contributed by atoms with Gasteiger partial charge in [0.25, 0.3) is 11.6 Å². The fraction of sp³-hybridized carbons (Fsp3) is 0.500. The molecule has 3 rings (SSSR count). The number of nitrogens with zero attached hydrogens (tertiary/aromatic N) is 3. The van der Waals surface area contributed by atoms with Gasteiger partial charge in [0.05, 0.1) is 17.7 Å². The zero-order chi connectivity index (χ0) is 14.3. The summed E-state index contributed by atoms with van der Waals surface area (Å²) in [4.78, 5) is 35.6. The molecular weight excluding hydrogens is 264 g/mol. The highest BCUT2D eigenvalue weighted by molar-refractivity contribution is 5.96. The first-order chi connectivity index (χ1) is 9.56. The van der Waals surface area contributed by atoms with Crippen LogP contribution < -0.4 is 5.32 Å². The van der Waals surface area contributed by atoms with Crippen molar-refractivity contribution in [3.05, 3.63) is 28.1 Å². The average molecular weight is 278 g/mol. The number of piperazine rings is 1. The maximum Gasteiger partial charge on any atom is 0.287 e. The Hall–Kier alpha value is -2.38. The van der Waals surface area contributed by atoms with Crippen LogP contribution in [-0.4, -0.2) is 45.8 Å². The highest BCUT2D eigenvalue weighted by atomic mass is 16.6. The molecule has 1 saturated heterocycles. The minimum atomic E-state index is -0.501. The molecular formula is C12H14N4O4. The minimum absolute atomic E-state index is 0.00246. The molecule has 8 heteroatoms. The monoisotopic (exact) mass is 278 g/mol. The maximum atomic E-state index is 12.4. The van der Waals surface area contributed by atoms with Crippen molar-refractivity contribution in [2.75, 3.05) is 19.6 Å². The highest BCUT2D eigenvalue weighted by Crippen LogP contribution is 2.38. The molecule has 8 nitrogen and oxygen atoms in total. The van der Waals surface area contributed by atoms with Crippen LogP contribution in [0.5, 0.6) is 0 Å². The van der Waals surface area contributed by atoms with Crippen LogP contribution in [0.2, 0.25) is 0 Å². The summed E-state index contributed by atoms with van der Waals surface area (Å²) >= 11 is 0. The van der Waals surface area contributed by atoms with Crippen molar-refractivity contribution in [1.29, 1.82) is 0 Å². The van der Waals surface area contributed by atoms with E-state index in [0.717, 1.165) is 12.8 Å². The molecule has 2 amide bonds. The maximum absolute atomic E-state index is 12.4. The predicted octanol–water partition coefficient (Wildman–Crippen LogP) is 0.303. The largest absolute Gasteiger partial charge is 0.353 e.